The summed E-state index contributed by atoms with van der Waals surface area (Å²) in [5.41, 5.74) is 1.72. The summed E-state index contributed by atoms with van der Waals surface area (Å²) in [5.74, 6) is 0. The standard InChI is InChI=1S/C14H17BrN2OS/c1-9(2)17-13(11(15)8-16-17)14(18)10-6-4-5-7-12(10)19-3/h4-9,14,18H,1-3H3. The molecule has 0 aliphatic heterocycles. The summed E-state index contributed by atoms with van der Waals surface area (Å²) in [6.07, 6.45) is 3.07. The summed E-state index contributed by atoms with van der Waals surface area (Å²) in [6, 6.07) is 8.12. The Morgan fingerprint density at radius 1 is 1.32 bits per heavy atom. The molecular formula is C14H17BrN2OS. The van der Waals surface area contributed by atoms with E-state index < -0.39 is 6.10 Å². The highest BCUT2D eigenvalue weighted by molar-refractivity contribution is 9.10. The molecule has 0 aliphatic carbocycles. The van der Waals surface area contributed by atoms with E-state index in [1.165, 1.54) is 0 Å². The molecule has 0 saturated carbocycles. The highest BCUT2D eigenvalue weighted by Gasteiger charge is 2.22. The van der Waals surface area contributed by atoms with Crippen LogP contribution in [0.15, 0.2) is 39.8 Å². The SMILES string of the molecule is CSc1ccccc1C(O)c1c(Br)cnn1C(C)C. The highest BCUT2D eigenvalue weighted by atomic mass is 79.9. The maximum absolute atomic E-state index is 10.7. The average molecular weight is 341 g/mol. The van der Waals surface area contributed by atoms with E-state index in [2.05, 4.69) is 34.9 Å². The van der Waals surface area contributed by atoms with Crippen LogP contribution in [-0.2, 0) is 0 Å². The number of rotatable bonds is 4. The van der Waals surface area contributed by atoms with Crippen LogP contribution in [-0.4, -0.2) is 21.1 Å². The van der Waals surface area contributed by atoms with Gasteiger partial charge in [-0.25, -0.2) is 0 Å². The smallest absolute Gasteiger partial charge is 0.123 e. The van der Waals surface area contributed by atoms with Crippen LogP contribution >= 0.6 is 27.7 Å². The van der Waals surface area contributed by atoms with Gasteiger partial charge in [0, 0.05) is 16.5 Å². The maximum atomic E-state index is 10.7. The van der Waals surface area contributed by atoms with Gasteiger partial charge in [0.15, 0.2) is 0 Å². The van der Waals surface area contributed by atoms with Crippen LogP contribution in [0.1, 0.15) is 37.3 Å². The van der Waals surface area contributed by atoms with Crippen molar-refractivity contribution in [2.45, 2.75) is 30.9 Å². The molecule has 0 aliphatic rings. The van der Waals surface area contributed by atoms with Crippen molar-refractivity contribution in [3.05, 3.63) is 46.2 Å². The van der Waals surface area contributed by atoms with Crippen LogP contribution in [0.4, 0.5) is 0 Å². The van der Waals surface area contributed by atoms with Gasteiger partial charge in [-0.15, -0.1) is 11.8 Å². The minimum Gasteiger partial charge on any atom is -0.382 e. The number of hydrogen-bond donors (Lipinski definition) is 1. The summed E-state index contributed by atoms with van der Waals surface area (Å²) in [5, 5.41) is 15.0. The molecule has 1 unspecified atom stereocenters. The first-order valence-electron chi connectivity index (χ1n) is 6.10. The molecule has 1 aromatic carbocycles. The third kappa shape index (κ3) is 2.88. The fourth-order valence-corrected chi connectivity index (χ4v) is 3.18. The molecule has 3 nitrogen and oxygen atoms in total. The van der Waals surface area contributed by atoms with Crippen LogP contribution in [0.2, 0.25) is 0 Å². The number of nitrogens with zero attached hydrogens (tertiary/aromatic N) is 2. The fraction of sp³-hybridized carbons (Fsp3) is 0.357. The van der Waals surface area contributed by atoms with Crippen molar-refractivity contribution in [2.24, 2.45) is 0 Å². The lowest BCUT2D eigenvalue weighted by Crippen LogP contribution is -2.13. The minimum absolute atomic E-state index is 0.206. The molecule has 0 bridgehead atoms. The number of thioether (sulfide) groups is 1. The summed E-state index contributed by atoms with van der Waals surface area (Å²) >= 11 is 5.12. The van der Waals surface area contributed by atoms with Gasteiger partial charge in [-0.2, -0.15) is 5.10 Å². The molecule has 2 rings (SSSR count). The Balaban J connectivity index is 2.50. The van der Waals surface area contributed by atoms with E-state index in [1.54, 1.807) is 18.0 Å². The topological polar surface area (TPSA) is 38.1 Å². The Hall–Kier alpha value is -0.780. The average Bonchev–Trinajstić information content (AvgIpc) is 2.80. The number of benzene rings is 1. The second-order valence-corrected chi connectivity index (χ2v) is 6.26. The predicted molar refractivity (Wildman–Crippen MR) is 82.6 cm³/mol. The second-order valence-electron chi connectivity index (χ2n) is 4.56. The van der Waals surface area contributed by atoms with E-state index >= 15 is 0 Å². The molecule has 0 radical (unpaired) electrons. The Morgan fingerprint density at radius 3 is 2.63 bits per heavy atom. The van der Waals surface area contributed by atoms with Crippen molar-refractivity contribution in [2.75, 3.05) is 6.26 Å². The minimum atomic E-state index is -0.678. The third-order valence-corrected chi connectivity index (χ3v) is 4.39. The summed E-state index contributed by atoms with van der Waals surface area (Å²) in [6.45, 7) is 4.10. The third-order valence-electron chi connectivity index (χ3n) is 2.97. The van der Waals surface area contributed by atoms with Gasteiger partial charge in [-0.3, -0.25) is 4.68 Å². The quantitative estimate of drug-likeness (QED) is 0.854. The van der Waals surface area contributed by atoms with Crippen LogP contribution in [0.25, 0.3) is 0 Å². The first-order chi connectivity index (χ1) is 9.06. The van der Waals surface area contributed by atoms with Gasteiger partial charge in [-0.1, -0.05) is 18.2 Å². The van der Waals surface area contributed by atoms with Crippen LogP contribution in [0.5, 0.6) is 0 Å². The van der Waals surface area contributed by atoms with Crippen molar-refractivity contribution in [1.29, 1.82) is 0 Å². The number of halogens is 1. The first kappa shape index (κ1) is 14.6. The molecule has 1 aromatic heterocycles. The molecule has 5 heteroatoms. The Morgan fingerprint density at radius 2 is 2.00 bits per heavy atom. The Labute approximate surface area is 126 Å². The normalized spacial score (nSPS) is 12.9. The fourth-order valence-electron chi connectivity index (χ4n) is 2.06. The summed E-state index contributed by atoms with van der Waals surface area (Å²) in [7, 11) is 0. The van der Waals surface area contributed by atoms with Gasteiger partial charge in [0.05, 0.1) is 16.4 Å². The van der Waals surface area contributed by atoms with E-state index in [-0.39, 0.29) is 6.04 Å². The number of aromatic nitrogens is 2. The zero-order valence-electron chi connectivity index (χ0n) is 11.2. The molecule has 1 N–H and O–H groups in total. The van der Waals surface area contributed by atoms with Gasteiger partial charge in [0.25, 0.3) is 0 Å². The van der Waals surface area contributed by atoms with E-state index in [0.29, 0.717) is 0 Å². The highest BCUT2D eigenvalue weighted by Crippen LogP contribution is 2.34. The van der Waals surface area contributed by atoms with Crippen LogP contribution in [0.3, 0.4) is 0 Å². The number of aliphatic hydroxyl groups excluding tert-OH is 1. The van der Waals surface area contributed by atoms with E-state index in [9.17, 15) is 5.11 Å². The molecule has 0 amide bonds. The predicted octanol–water partition coefficient (Wildman–Crippen LogP) is 4.03. The first-order valence-corrected chi connectivity index (χ1v) is 8.12. The Bertz CT molecular complexity index is 568. The molecule has 0 saturated heterocycles. The lowest BCUT2D eigenvalue weighted by molar-refractivity contribution is 0.201. The molecule has 2 aromatic rings. The van der Waals surface area contributed by atoms with E-state index in [4.69, 9.17) is 0 Å². The van der Waals surface area contributed by atoms with Crippen molar-refractivity contribution < 1.29 is 5.11 Å². The Kier molecular flexibility index (Phi) is 4.71. The monoisotopic (exact) mass is 340 g/mol. The van der Waals surface area contributed by atoms with Crippen molar-refractivity contribution >= 4 is 27.7 Å². The molecular weight excluding hydrogens is 324 g/mol. The van der Waals surface area contributed by atoms with Crippen molar-refractivity contribution in [3.8, 4) is 0 Å². The van der Waals surface area contributed by atoms with Crippen LogP contribution in [0, 0.1) is 0 Å². The molecule has 19 heavy (non-hydrogen) atoms. The zero-order valence-corrected chi connectivity index (χ0v) is 13.6. The van der Waals surface area contributed by atoms with Gasteiger partial charge in [0.2, 0.25) is 0 Å². The van der Waals surface area contributed by atoms with E-state index in [0.717, 1.165) is 20.6 Å². The summed E-state index contributed by atoms with van der Waals surface area (Å²) < 4.78 is 2.69. The van der Waals surface area contributed by atoms with E-state index in [1.807, 2.05) is 35.2 Å². The zero-order chi connectivity index (χ0) is 14.0. The molecule has 1 atom stereocenters. The lowest BCUT2D eigenvalue weighted by Gasteiger charge is -2.18. The second kappa shape index (κ2) is 6.11. The number of hydrogen-bond acceptors (Lipinski definition) is 3. The van der Waals surface area contributed by atoms with Crippen molar-refractivity contribution in [3.63, 3.8) is 0 Å². The maximum Gasteiger partial charge on any atom is 0.123 e. The van der Waals surface area contributed by atoms with Crippen LogP contribution < -0.4 is 0 Å². The lowest BCUT2D eigenvalue weighted by atomic mass is 10.1. The largest absolute Gasteiger partial charge is 0.382 e. The van der Waals surface area contributed by atoms with Crippen molar-refractivity contribution in [1.82, 2.24) is 9.78 Å². The van der Waals surface area contributed by atoms with Gasteiger partial charge < -0.3 is 5.11 Å². The van der Waals surface area contributed by atoms with Gasteiger partial charge in [0.1, 0.15) is 6.10 Å². The molecule has 0 spiro atoms. The van der Waals surface area contributed by atoms with Gasteiger partial charge >= 0.3 is 0 Å². The molecule has 1 heterocycles. The summed E-state index contributed by atoms with van der Waals surface area (Å²) in [4.78, 5) is 1.08. The number of aliphatic hydroxyl groups is 1. The molecule has 0 fully saturated rings. The van der Waals surface area contributed by atoms with Gasteiger partial charge in [-0.05, 0) is 42.1 Å². The molecule has 102 valence electrons.